The summed E-state index contributed by atoms with van der Waals surface area (Å²) in [6, 6.07) is 45.5. The molecule has 0 saturated carbocycles. The van der Waals surface area contributed by atoms with Crippen LogP contribution in [0.4, 0.5) is 0 Å². The number of methoxy groups -OCH3 is 1. The lowest BCUT2D eigenvalue weighted by Crippen LogP contribution is -2.57. The largest absolute Gasteiger partial charge is 0.497 e. The second-order valence-electron chi connectivity index (χ2n) is 12.1. The smallest absolute Gasteiger partial charge is 0.254 e. The Labute approximate surface area is 291 Å². The third kappa shape index (κ3) is 8.04. The summed E-state index contributed by atoms with van der Waals surface area (Å²) in [6.45, 7) is 2.87. The highest BCUT2D eigenvalue weighted by Gasteiger charge is 2.36. The van der Waals surface area contributed by atoms with Crippen LogP contribution in [0.5, 0.6) is 5.75 Å². The van der Waals surface area contributed by atoms with E-state index in [1.54, 1.807) is 12.0 Å². The Morgan fingerprint density at radius 1 is 0.688 bits per heavy atom. The molecule has 48 heavy (non-hydrogen) atoms. The quantitative estimate of drug-likeness (QED) is 0.142. The normalized spacial score (nSPS) is 14.0. The zero-order valence-electron chi connectivity index (χ0n) is 27.1. The van der Waals surface area contributed by atoms with Gasteiger partial charge in [0.15, 0.2) is 0 Å². The molecule has 1 saturated heterocycles. The van der Waals surface area contributed by atoms with Crippen LogP contribution in [-0.2, 0) is 17.8 Å². The third-order valence-electron chi connectivity index (χ3n) is 9.02. The topological polar surface area (TPSA) is 53.1 Å². The molecule has 244 valence electrons. The van der Waals surface area contributed by atoms with Gasteiger partial charge in [-0.3, -0.25) is 14.5 Å². The molecule has 0 radical (unpaired) electrons. The van der Waals surface area contributed by atoms with E-state index in [9.17, 15) is 9.59 Å². The molecule has 1 fully saturated rings. The highest BCUT2D eigenvalue weighted by atomic mass is 79.9. The SMILES string of the molecule is COc1ccc(CN(C(=O)c2ccc(Br)cc2)C(Cc2ccccc2)C(=O)N2CCN(C(c3ccccc3)c3ccccc3)CC2)cc1. The number of piperazine rings is 1. The summed E-state index contributed by atoms with van der Waals surface area (Å²) < 4.78 is 6.27. The predicted molar refractivity (Wildman–Crippen MR) is 194 cm³/mol. The van der Waals surface area contributed by atoms with E-state index in [0.717, 1.165) is 34.4 Å². The number of hydrogen-bond acceptors (Lipinski definition) is 4. The van der Waals surface area contributed by atoms with Gasteiger partial charge in [0, 0.05) is 49.2 Å². The van der Waals surface area contributed by atoms with E-state index >= 15 is 0 Å². The minimum atomic E-state index is -0.698. The Hall–Kier alpha value is -4.72. The Balaban J connectivity index is 1.30. The number of amides is 2. The summed E-state index contributed by atoms with van der Waals surface area (Å²) in [5.41, 5.74) is 4.93. The zero-order valence-corrected chi connectivity index (χ0v) is 28.7. The lowest BCUT2D eigenvalue weighted by molar-refractivity contribution is -0.138. The van der Waals surface area contributed by atoms with Crippen molar-refractivity contribution in [3.63, 3.8) is 0 Å². The van der Waals surface area contributed by atoms with E-state index in [-0.39, 0.29) is 24.4 Å². The van der Waals surface area contributed by atoms with E-state index in [1.165, 1.54) is 11.1 Å². The van der Waals surface area contributed by atoms with Gasteiger partial charge in [-0.15, -0.1) is 0 Å². The standard InChI is InChI=1S/C41H40BrN3O3/c1-48-37-23-17-32(18-24-37)30-45(40(46)35-19-21-36(42)22-20-35)38(29-31-11-5-2-6-12-31)41(47)44-27-25-43(26-28-44)39(33-13-7-3-8-14-33)34-15-9-4-10-16-34/h2-24,38-39H,25-30H2,1H3. The number of ether oxygens (including phenoxy) is 1. The fraction of sp³-hybridized carbons (Fsp3) is 0.220. The maximum absolute atomic E-state index is 14.7. The van der Waals surface area contributed by atoms with Crippen molar-refractivity contribution in [2.45, 2.75) is 25.0 Å². The first-order valence-electron chi connectivity index (χ1n) is 16.4. The van der Waals surface area contributed by atoms with E-state index < -0.39 is 6.04 Å². The van der Waals surface area contributed by atoms with Crippen LogP contribution >= 0.6 is 15.9 Å². The van der Waals surface area contributed by atoms with Crippen LogP contribution in [0.25, 0.3) is 0 Å². The molecule has 7 heteroatoms. The molecule has 6 nitrogen and oxygen atoms in total. The van der Waals surface area contributed by atoms with Crippen molar-refractivity contribution in [2.75, 3.05) is 33.3 Å². The number of hydrogen-bond donors (Lipinski definition) is 0. The summed E-state index contributed by atoms with van der Waals surface area (Å²) in [6.07, 6.45) is 0.412. The number of carbonyl (C=O) groups is 2. The van der Waals surface area contributed by atoms with Gasteiger partial charge in [-0.05, 0) is 58.7 Å². The fourth-order valence-electron chi connectivity index (χ4n) is 6.47. The van der Waals surface area contributed by atoms with Crippen LogP contribution in [0.15, 0.2) is 144 Å². The summed E-state index contributed by atoms with van der Waals surface area (Å²) >= 11 is 3.49. The zero-order chi connectivity index (χ0) is 33.3. The van der Waals surface area contributed by atoms with E-state index in [4.69, 9.17) is 4.74 Å². The van der Waals surface area contributed by atoms with Crippen molar-refractivity contribution in [1.29, 1.82) is 0 Å². The van der Waals surface area contributed by atoms with Crippen LogP contribution < -0.4 is 4.74 Å². The molecule has 1 heterocycles. The number of nitrogens with zero attached hydrogens (tertiary/aromatic N) is 3. The van der Waals surface area contributed by atoms with E-state index in [1.807, 2.05) is 95.9 Å². The third-order valence-corrected chi connectivity index (χ3v) is 9.55. The maximum atomic E-state index is 14.7. The first-order valence-corrected chi connectivity index (χ1v) is 17.2. The van der Waals surface area contributed by atoms with Crippen molar-refractivity contribution in [3.05, 3.63) is 172 Å². The Morgan fingerprint density at radius 3 is 1.77 bits per heavy atom. The average Bonchev–Trinajstić information content (AvgIpc) is 3.15. The van der Waals surface area contributed by atoms with Crippen molar-refractivity contribution >= 4 is 27.7 Å². The molecule has 1 unspecified atom stereocenters. The van der Waals surface area contributed by atoms with Gasteiger partial charge in [0.1, 0.15) is 11.8 Å². The molecule has 1 aliphatic heterocycles. The second-order valence-corrected chi connectivity index (χ2v) is 13.0. The van der Waals surface area contributed by atoms with Crippen molar-refractivity contribution in [1.82, 2.24) is 14.7 Å². The van der Waals surface area contributed by atoms with Gasteiger partial charge in [-0.1, -0.05) is 119 Å². The number of benzene rings is 5. The first kappa shape index (κ1) is 33.2. The van der Waals surface area contributed by atoms with E-state index in [2.05, 4.69) is 69.4 Å². The molecule has 5 aromatic carbocycles. The van der Waals surface area contributed by atoms with Gasteiger partial charge in [-0.2, -0.15) is 0 Å². The molecular weight excluding hydrogens is 662 g/mol. The van der Waals surface area contributed by atoms with Crippen LogP contribution in [0.2, 0.25) is 0 Å². The Kier molecular flexibility index (Phi) is 11.0. The first-order chi connectivity index (χ1) is 23.5. The summed E-state index contributed by atoms with van der Waals surface area (Å²) in [5.74, 6) is 0.525. The minimum Gasteiger partial charge on any atom is -0.497 e. The van der Waals surface area contributed by atoms with Gasteiger partial charge in [0.2, 0.25) is 5.91 Å². The minimum absolute atomic E-state index is 0.0338. The molecular formula is C41H40BrN3O3. The van der Waals surface area contributed by atoms with Crippen LogP contribution in [0, 0.1) is 0 Å². The molecule has 5 aromatic rings. The molecule has 6 rings (SSSR count). The lowest BCUT2D eigenvalue weighted by atomic mass is 9.96. The second kappa shape index (κ2) is 15.9. The Bertz CT molecular complexity index is 1720. The molecule has 0 spiro atoms. The molecule has 0 aromatic heterocycles. The van der Waals surface area contributed by atoms with Gasteiger partial charge < -0.3 is 14.5 Å². The van der Waals surface area contributed by atoms with Crippen LogP contribution in [0.3, 0.4) is 0 Å². The summed E-state index contributed by atoms with van der Waals surface area (Å²) in [4.78, 5) is 35.3. The van der Waals surface area contributed by atoms with Gasteiger partial charge in [0.05, 0.1) is 13.2 Å². The molecule has 0 N–H and O–H groups in total. The average molecular weight is 703 g/mol. The number of halogens is 1. The molecule has 1 aliphatic rings. The summed E-state index contributed by atoms with van der Waals surface area (Å²) in [7, 11) is 1.63. The molecule has 0 bridgehead atoms. The van der Waals surface area contributed by atoms with Crippen LogP contribution in [0.1, 0.15) is 38.7 Å². The van der Waals surface area contributed by atoms with Gasteiger partial charge >= 0.3 is 0 Å². The number of carbonyl (C=O) groups excluding carboxylic acids is 2. The van der Waals surface area contributed by atoms with Crippen LogP contribution in [-0.4, -0.2) is 65.8 Å². The lowest BCUT2D eigenvalue weighted by Gasteiger charge is -2.42. The summed E-state index contributed by atoms with van der Waals surface area (Å²) in [5, 5.41) is 0. The molecule has 1 atom stereocenters. The monoisotopic (exact) mass is 701 g/mol. The van der Waals surface area contributed by atoms with Crippen molar-refractivity contribution in [2.24, 2.45) is 0 Å². The van der Waals surface area contributed by atoms with Gasteiger partial charge in [-0.25, -0.2) is 0 Å². The van der Waals surface area contributed by atoms with Crippen molar-refractivity contribution in [3.8, 4) is 5.75 Å². The predicted octanol–water partition coefficient (Wildman–Crippen LogP) is 7.65. The highest BCUT2D eigenvalue weighted by molar-refractivity contribution is 9.10. The number of rotatable bonds is 11. The highest BCUT2D eigenvalue weighted by Crippen LogP contribution is 2.30. The molecule has 0 aliphatic carbocycles. The van der Waals surface area contributed by atoms with Gasteiger partial charge in [0.25, 0.3) is 5.91 Å². The van der Waals surface area contributed by atoms with Crippen molar-refractivity contribution < 1.29 is 14.3 Å². The Morgan fingerprint density at radius 2 is 1.23 bits per heavy atom. The fourth-order valence-corrected chi connectivity index (χ4v) is 6.74. The van der Waals surface area contributed by atoms with E-state index in [0.29, 0.717) is 25.1 Å². The maximum Gasteiger partial charge on any atom is 0.254 e. The molecule has 2 amide bonds.